The molecule has 0 spiro atoms. The molecule has 6 unspecified atom stereocenters. The second kappa shape index (κ2) is 3.61. The van der Waals surface area contributed by atoms with Crippen molar-refractivity contribution in [1.29, 1.82) is 0 Å². The molecule has 6 bridgehead atoms. The number of hydrogen-bond acceptors (Lipinski definition) is 0. The van der Waals surface area contributed by atoms with Gasteiger partial charge in [-0.25, -0.2) is 0 Å². The van der Waals surface area contributed by atoms with Crippen molar-refractivity contribution in [1.82, 2.24) is 0 Å². The number of rotatable bonds is 1. The highest BCUT2D eigenvalue weighted by Crippen LogP contribution is 2.77. The van der Waals surface area contributed by atoms with Crippen LogP contribution in [0.3, 0.4) is 0 Å². The highest BCUT2D eigenvalue weighted by atomic mass is 14.7. The van der Waals surface area contributed by atoms with Crippen LogP contribution in [0.15, 0.2) is 11.6 Å². The molecule has 0 aliphatic heterocycles. The van der Waals surface area contributed by atoms with Crippen molar-refractivity contribution in [3.05, 3.63) is 11.6 Å². The summed E-state index contributed by atoms with van der Waals surface area (Å²) < 4.78 is 0. The molecule has 0 aromatic rings. The van der Waals surface area contributed by atoms with Crippen LogP contribution in [-0.2, 0) is 0 Å². The Kier molecular flexibility index (Phi) is 2.44. The van der Waals surface area contributed by atoms with Crippen LogP contribution in [0.2, 0.25) is 5.21 Å². The lowest BCUT2D eigenvalue weighted by molar-refractivity contribution is -0.104. The van der Waals surface area contributed by atoms with Crippen LogP contribution in [-0.4, -0.2) is 15.7 Å². The molecule has 20 heavy (non-hydrogen) atoms. The van der Waals surface area contributed by atoms with Crippen LogP contribution in [0.4, 0.5) is 0 Å². The Labute approximate surface area is 127 Å². The standard InChI is InChI=1S/C18H26B2/c1-10-13-7-11-8-14-12(13)5-6-15(14)17(10,9-11)18(19,20)16(2,3)4/h6,10-14H,5,7-9H2,1-4H3. The van der Waals surface area contributed by atoms with Crippen LogP contribution in [0.5, 0.6) is 0 Å². The molecule has 6 atom stereocenters. The molecule has 0 heterocycles. The summed E-state index contributed by atoms with van der Waals surface area (Å²) in [6.45, 7) is 9.14. The SMILES string of the molecule is [B]C([B])(C(C)(C)C)C12CC3CC4C1=CCC4C(C3)C2C. The van der Waals surface area contributed by atoms with E-state index in [-0.39, 0.29) is 10.8 Å². The minimum Gasteiger partial charge on any atom is -0.0851 e. The van der Waals surface area contributed by atoms with Crippen molar-refractivity contribution in [2.24, 2.45) is 40.4 Å². The molecular weight excluding hydrogens is 238 g/mol. The summed E-state index contributed by atoms with van der Waals surface area (Å²) in [6.07, 6.45) is 7.94. The molecule has 0 saturated heterocycles. The van der Waals surface area contributed by atoms with Crippen LogP contribution in [0.25, 0.3) is 0 Å². The fourth-order valence-corrected chi connectivity index (χ4v) is 6.69. The van der Waals surface area contributed by atoms with Gasteiger partial charge in [0.2, 0.25) is 0 Å². The van der Waals surface area contributed by atoms with Gasteiger partial charge in [0.15, 0.2) is 0 Å². The van der Waals surface area contributed by atoms with E-state index in [1.165, 1.54) is 25.7 Å². The Hall–Kier alpha value is -0.130. The summed E-state index contributed by atoms with van der Waals surface area (Å²) in [6, 6.07) is 0. The van der Waals surface area contributed by atoms with Crippen LogP contribution < -0.4 is 0 Å². The quantitative estimate of drug-likeness (QED) is 0.493. The molecule has 4 saturated carbocycles. The smallest absolute Gasteiger partial charge is 0.0639 e. The first kappa shape index (κ1) is 13.5. The molecule has 0 nitrogen and oxygen atoms in total. The first-order valence-electron chi connectivity index (χ1n) is 8.48. The summed E-state index contributed by atoms with van der Waals surface area (Å²) >= 11 is 0. The Balaban J connectivity index is 1.92. The van der Waals surface area contributed by atoms with Gasteiger partial charge in [-0.15, -0.1) is 0 Å². The van der Waals surface area contributed by atoms with E-state index in [4.69, 9.17) is 15.7 Å². The van der Waals surface area contributed by atoms with Crippen molar-refractivity contribution in [3.8, 4) is 0 Å². The lowest BCUT2D eigenvalue weighted by Crippen LogP contribution is -2.62. The van der Waals surface area contributed by atoms with Crippen molar-refractivity contribution >= 4 is 15.7 Å². The highest BCUT2D eigenvalue weighted by molar-refractivity contribution is 6.41. The monoisotopic (exact) mass is 264 g/mol. The van der Waals surface area contributed by atoms with Gasteiger partial charge in [0, 0.05) is 0 Å². The lowest BCUT2D eigenvalue weighted by Gasteiger charge is -2.71. The van der Waals surface area contributed by atoms with Gasteiger partial charge in [0.05, 0.1) is 15.7 Å². The minimum absolute atomic E-state index is 0.0636. The van der Waals surface area contributed by atoms with Gasteiger partial charge in [-0.05, 0) is 66.1 Å². The maximum absolute atomic E-state index is 6.90. The predicted molar refractivity (Wildman–Crippen MR) is 85.8 cm³/mol. The minimum atomic E-state index is -0.601. The van der Waals surface area contributed by atoms with E-state index in [1.54, 1.807) is 5.57 Å². The molecule has 104 valence electrons. The summed E-state index contributed by atoms with van der Waals surface area (Å²) in [5, 5.41) is -0.601. The lowest BCUT2D eigenvalue weighted by atomic mass is 9.24. The molecule has 0 N–H and O–H groups in total. The van der Waals surface area contributed by atoms with E-state index < -0.39 is 5.21 Å². The van der Waals surface area contributed by atoms with Crippen molar-refractivity contribution in [2.45, 2.75) is 58.6 Å². The Morgan fingerprint density at radius 3 is 2.50 bits per heavy atom. The summed E-state index contributed by atoms with van der Waals surface area (Å²) in [5.41, 5.74) is 1.67. The maximum Gasteiger partial charge on any atom is 0.0639 e. The van der Waals surface area contributed by atoms with E-state index in [9.17, 15) is 0 Å². The molecule has 5 aliphatic rings. The molecule has 0 aromatic carbocycles. The topological polar surface area (TPSA) is 0 Å². The molecule has 5 rings (SSSR count). The average Bonchev–Trinajstić information content (AvgIpc) is 2.75. The van der Waals surface area contributed by atoms with E-state index in [0.717, 1.165) is 23.7 Å². The third kappa shape index (κ3) is 1.25. The van der Waals surface area contributed by atoms with Gasteiger partial charge < -0.3 is 0 Å². The Morgan fingerprint density at radius 2 is 1.85 bits per heavy atom. The maximum atomic E-state index is 6.90. The molecule has 5 aliphatic carbocycles. The summed E-state index contributed by atoms with van der Waals surface area (Å²) in [5.74, 6) is 4.13. The average molecular weight is 264 g/mol. The van der Waals surface area contributed by atoms with Gasteiger partial charge in [-0.3, -0.25) is 0 Å². The molecular formula is C18H26B2. The third-order valence-electron chi connectivity index (χ3n) is 7.79. The van der Waals surface area contributed by atoms with Gasteiger partial charge in [-0.2, -0.15) is 0 Å². The van der Waals surface area contributed by atoms with E-state index >= 15 is 0 Å². The first-order valence-corrected chi connectivity index (χ1v) is 8.48. The number of allylic oxidation sites excluding steroid dienone is 2. The molecule has 2 heteroatoms. The highest BCUT2D eigenvalue weighted by Gasteiger charge is 2.68. The van der Waals surface area contributed by atoms with Crippen molar-refractivity contribution < 1.29 is 0 Å². The molecule has 4 fully saturated rings. The van der Waals surface area contributed by atoms with Crippen molar-refractivity contribution in [3.63, 3.8) is 0 Å². The van der Waals surface area contributed by atoms with Crippen LogP contribution in [0, 0.1) is 40.4 Å². The molecule has 4 radical (unpaired) electrons. The van der Waals surface area contributed by atoms with Crippen molar-refractivity contribution in [2.75, 3.05) is 0 Å². The second-order valence-electron chi connectivity index (χ2n) is 9.25. The van der Waals surface area contributed by atoms with Gasteiger partial charge >= 0.3 is 0 Å². The normalized spacial score (nSPS) is 49.6. The molecule has 0 amide bonds. The zero-order valence-electron chi connectivity index (χ0n) is 13.4. The molecule has 0 aromatic heterocycles. The third-order valence-corrected chi connectivity index (χ3v) is 7.79. The largest absolute Gasteiger partial charge is 0.0851 e. The summed E-state index contributed by atoms with van der Waals surface area (Å²) in [4.78, 5) is 0. The second-order valence-corrected chi connectivity index (χ2v) is 9.25. The van der Waals surface area contributed by atoms with Gasteiger partial charge in [-0.1, -0.05) is 44.6 Å². The summed E-state index contributed by atoms with van der Waals surface area (Å²) in [7, 11) is 13.8. The Morgan fingerprint density at radius 1 is 1.15 bits per heavy atom. The predicted octanol–water partition coefficient (Wildman–Crippen LogP) is 4.11. The van der Waals surface area contributed by atoms with E-state index in [0.29, 0.717) is 5.92 Å². The van der Waals surface area contributed by atoms with E-state index in [2.05, 4.69) is 33.8 Å². The van der Waals surface area contributed by atoms with Gasteiger partial charge in [0.25, 0.3) is 0 Å². The Bertz CT molecular complexity index is 484. The zero-order valence-corrected chi connectivity index (χ0v) is 13.4. The fraction of sp³-hybridized carbons (Fsp3) is 0.889. The zero-order chi connectivity index (χ0) is 14.5. The first-order chi connectivity index (χ1) is 9.20. The fourth-order valence-electron chi connectivity index (χ4n) is 6.69. The van der Waals surface area contributed by atoms with E-state index in [1.807, 2.05) is 0 Å². The van der Waals surface area contributed by atoms with Crippen LogP contribution >= 0.6 is 0 Å². The van der Waals surface area contributed by atoms with Crippen LogP contribution in [0.1, 0.15) is 53.4 Å². The number of hydrogen-bond donors (Lipinski definition) is 0. The van der Waals surface area contributed by atoms with Gasteiger partial charge in [0.1, 0.15) is 0 Å².